The number of unbranched alkanes of at least 4 members (excludes halogenated alkanes) is 2. The Balaban J connectivity index is 1.64. The normalized spacial score (nSPS) is 13.1. The van der Waals surface area contributed by atoms with Crippen LogP contribution < -0.4 is 21.3 Å². The summed E-state index contributed by atoms with van der Waals surface area (Å²) in [7, 11) is 0. The number of aldehydes is 1. The summed E-state index contributed by atoms with van der Waals surface area (Å²) >= 11 is 0. The van der Waals surface area contributed by atoms with Crippen molar-refractivity contribution in [2.75, 3.05) is 26.2 Å². The van der Waals surface area contributed by atoms with Gasteiger partial charge in [0, 0.05) is 30.4 Å². The molecule has 37 heavy (non-hydrogen) atoms. The standard InChI is InChI=1S/C27H35N5O5/c1-20-12-13-27(37)32(20)15-8-4-7-11-24(34)29-18-25(35)30-19-26(36)31-23(21(2)28-14-16-33)17-22-9-5-3-6-10-22/h3,5-6,9-10,12-13,16,23,28H,1-2,4,7-8,11,14-15,17-19H2,(H,29,34)(H,30,35)(H,31,36). The van der Waals surface area contributed by atoms with E-state index in [0.29, 0.717) is 37.1 Å². The summed E-state index contributed by atoms with van der Waals surface area (Å²) in [4.78, 5) is 60.4. The number of nitrogens with one attached hydrogen (secondary N) is 4. The monoisotopic (exact) mass is 509 g/mol. The summed E-state index contributed by atoms with van der Waals surface area (Å²) in [5.74, 6) is -1.25. The first kappa shape index (κ1) is 29.0. The van der Waals surface area contributed by atoms with E-state index in [0.717, 1.165) is 18.4 Å². The van der Waals surface area contributed by atoms with E-state index in [2.05, 4.69) is 34.4 Å². The van der Waals surface area contributed by atoms with Crippen LogP contribution >= 0.6 is 0 Å². The number of nitrogens with zero attached hydrogens (tertiary/aromatic N) is 1. The molecule has 198 valence electrons. The van der Waals surface area contributed by atoms with E-state index in [4.69, 9.17) is 0 Å². The van der Waals surface area contributed by atoms with Crippen LogP contribution in [0, 0.1) is 0 Å². The van der Waals surface area contributed by atoms with Gasteiger partial charge < -0.3 is 31.0 Å². The van der Waals surface area contributed by atoms with Crippen molar-refractivity contribution in [3.05, 3.63) is 72.6 Å². The predicted octanol–water partition coefficient (Wildman–Crippen LogP) is 0.721. The van der Waals surface area contributed by atoms with Gasteiger partial charge in [-0.15, -0.1) is 0 Å². The Morgan fingerprint density at radius 3 is 2.30 bits per heavy atom. The first-order chi connectivity index (χ1) is 17.8. The molecule has 10 heteroatoms. The fraction of sp³-hybridized carbons (Fsp3) is 0.370. The number of allylic oxidation sites excluding steroid dienone is 1. The lowest BCUT2D eigenvalue weighted by molar-refractivity contribution is -0.127. The molecule has 0 aromatic heterocycles. The van der Waals surface area contributed by atoms with Gasteiger partial charge in [0.15, 0.2) is 0 Å². The number of rotatable bonds is 17. The van der Waals surface area contributed by atoms with Crippen LogP contribution in [0.1, 0.15) is 31.2 Å². The summed E-state index contributed by atoms with van der Waals surface area (Å²) in [6, 6.07) is 9.01. The van der Waals surface area contributed by atoms with Gasteiger partial charge in [0.05, 0.1) is 25.7 Å². The summed E-state index contributed by atoms with van der Waals surface area (Å²) in [6.07, 6.45) is 6.72. The van der Waals surface area contributed by atoms with Gasteiger partial charge in [0.1, 0.15) is 6.29 Å². The van der Waals surface area contributed by atoms with Crippen LogP contribution in [0.2, 0.25) is 0 Å². The molecule has 1 aromatic rings. The molecule has 1 aliphatic heterocycles. The van der Waals surface area contributed by atoms with Gasteiger partial charge >= 0.3 is 0 Å². The molecular weight excluding hydrogens is 474 g/mol. The first-order valence-corrected chi connectivity index (χ1v) is 12.2. The van der Waals surface area contributed by atoms with Crippen molar-refractivity contribution in [2.24, 2.45) is 0 Å². The van der Waals surface area contributed by atoms with Crippen LogP contribution in [0.3, 0.4) is 0 Å². The van der Waals surface area contributed by atoms with Gasteiger partial charge in [-0.1, -0.05) is 49.9 Å². The average molecular weight is 510 g/mol. The van der Waals surface area contributed by atoms with E-state index in [1.54, 1.807) is 11.0 Å². The van der Waals surface area contributed by atoms with Crippen molar-refractivity contribution < 1.29 is 24.0 Å². The van der Waals surface area contributed by atoms with Gasteiger partial charge in [-0.25, -0.2) is 0 Å². The third-order valence-electron chi connectivity index (χ3n) is 5.66. The lowest BCUT2D eigenvalue weighted by atomic mass is 10.0. The zero-order valence-electron chi connectivity index (χ0n) is 21.0. The number of hydrogen-bond acceptors (Lipinski definition) is 6. The number of carbonyl (C=O) groups excluding carboxylic acids is 5. The van der Waals surface area contributed by atoms with Crippen molar-refractivity contribution in [3.8, 4) is 0 Å². The highest BCUT2D eigenvalue weighted by Gasteiger charge is 2.18. The molecule has 1 heterocycles. The second-order valence-electron chi connectivity index (χ2n) is 8.56. The Bertz CT molecular complexity index is 1000. The Morgan fingerprint density at radius 2 is 1.62 bits per heavy atom. The Labute approximate surface area is 217 Å². The Morgan fingerprint density at radius 1 is 0.919 bits per heavy atom. The van der Waals surface area contributed by atoms with E-state index < -0.39 is 17.9 Å². The van der Waals surface area contributed by atoms with Gasteiger partial charge in [0.25, 0.3) is 5.91 Å². The summed E-state index contributed by atoms with van der Waals surface area (Å²) < 4.78 is 0. The molecule has 0 spiro atoms. The molecule has 1 unspecified atom stereocenters. The number of hydrogen-bond donors (Lipinski definition) is 4. The molecule has 1 aromatic carbocycles. The summed E-state index contributed by atoms with van der Waals surface area (Å²) in [6.45, 7) is 7.83. The van der Waals surface area contributed by atoms with E-state index in [1.165, 1.54) is 6.08 Å². The molecule has 4 N–H and O–H groups in total. The molecule has 1 aliphatic rings. The van der Waals surface area contributed by atoms with Gasteiger partial charge in [-0.05, 0) is 30.9 Å². The average Bonchev–Trinajstić information content (AvgIpc) is 3.21. The molecule has 2 rings (SSSR count). The number of carbonyl (C=O) groups is 5. The smallest absolute Gasteiger partial charge is 0.251 e. The second-order valence-corrected chi connectivity index (χ2v) is 8.56. The highest BCUT2D eigenvalue weighted by atomic mass is 16.2. The highest BCUT2D eigenvalue weighted by molar-refractivity contribution is 5.93. The minimum atomic E-state index is -0.487. The lowest BCUT2D eigenvalue weighted by Gasteiger charge is -2.22. The summed E-state index contributed by atoms with van der Waals surface area (Å²) in [5, 5.41) is 10.7. The fourth-order valence-electron chi connectivity index (χ4n) is 3.64. The maximum Gasteiger partial charge on any atom is 0.251 e. The first-order valence-electron chi connectivity index (χ1n) is 12.2. The minimum Gasteiger partial charge on any atom is -0.380 e. The van der Waals surface area contributed by atoms with Crippen LogP contribution in [-0.2, 0) is 30.4 Å². The zero-order chi connectivity index (χ0) is 27.0. The zero-order valence-corrected chi connectivity index (χ0v) is 21.0. The Hall–Kier alpha value is -4.21. The molecule has 0 aliphatic carbocycles. The minimum absolute atomic E-state index is 0.0712. The SMILES string of the molecule is C=C(NCC=O)C(Cc1ccccc1)NC(=O)CNC(=O)CNC(=O)CCCCCN1C(=C)C=CC1=O. The molecule has 10 nitrogen and oxygen atoms in total. The van der Waals surface area contributed by atoms with E-state index in [9.17, 15) is 24.0 Å². The van der Waals surface area contributed by atoms with Crippen LogP contribution in [0.5, 0.6) is 0 Å². The topological polar surface area (TPSA) is 137 Å². The van der Waals surface area contributed by atoms with Gasteiger partial charge in [-0.3, -0.25) is 19.2 Å². The number of benzene rings is 1. The predicted molar refractivity (Wildman–Crippen MR) is 140 cm³/mol. The van der Waals surface area contributed by atoms with Crippen molar-refractivity contribution in [3.63, 3.8) is 0 Å². The second kappa shape index (κ2) is 15.7. The van der Waals surface area contributed by atoms with E-state index in [1.807, 2.05) is 30.3 Å². The van der Waals surface area contributed by atoms with Crippen LogP contribution in [-0.4, -0.2) is 67.0 Å². The quantitative estimate of drug-likeness (QED) is 0.180. The molecule has 4 amide bonds. The number of amides is 4. The third-order valence-corrected chi connectivity index (χ3v) is 5.66. The van der Waals surface area contributed by atoms with Crippen LogP contribution in [0.4, 0.5) is 0 Å². The van der Waals surface area contributed by atoms with Crippen molar-refractivity contribution in [1.82, 2.24) is 26.2 Å². The van der Waals surface area contributed by atoms with E-state index >= 15 is 0 Å². The largest absolute Gasteiger partial charge is 0.380 e. The Kier molecular flexibility index (Phi) is 12.3. The molecule has 0 saturated heterocycles. The molecule has 1 atom stereocenters. The molecule has 0 bridgehead atoms. The molecule has 0 saturated carbocycles. The van der Waals surface area contributed by atoms with Gasteiger partial charge in [0.2, 0.25) is 17.7 Å². The molecular formula is C27H35N5O5. The fourth-order valence-corrected chi connectivity index (χ4v) is 3.64. The van der Waals surface area contributed by atoms with Crippen molar-refractivity contribution in [2.45, 2.75) is 38.1 Å². The van der Waals surface area contributed by atoms with Crippen LogP contribution in [0.25, 0.3) is 0 Å². The molecule has 0 radical (unpaired) electrons. The lowest BCUT2D eigenvalue weighted by Crippen LogP contribution is -2.47. The van der Waals surface area contributed by atoms with Crippen LogP contribution in [0.15, 0.2) is 67.0 Å². The molecule has 0 fully saturated rings. The maximum atomic E-state index is 12.4. The van der Waals surface area contributed by atoms with Crippen molar-refractivity contribution in [1.29, 1.82) is 0 Å². The maximum absolute atomic E-state index is 12.4. The highest BCUT2D eigenvalue weighted by Crippen LogP contribution is 2.14. The van der Waals surface area contributed by atoms with Crippen molar-refractivity contribution >= 4 is 29.9 Å². The summed E-state index contributed by atoms with van der Waals surface area (Å²) in [5.41, 5.74) is 2.13. The van der Waals surface area contributed by atoms with Gasteiger partial charge in [-0.2, -0.15) is 0 Å². The van der Waals surface area contributed by atoms with E-state index in [-0.39, 0.29) is 37.9 Å². The third kappa shape index (κ3) is 10.9.